The van der Waals surface area contributed by atoms with Gasteiger partial charge < -0.3 is 4.74 Å². The number of hydrogen-bond acceptors (Lipinski definition) is 2. The first-order valence-electron chi connectivity index (χ1n) is 6.71. The fraction of sp³-hybridized carbons (Fsp3) is 0.278. The molecule has 2 aromatic rings. The molecule has 2 rings (SSSR count). The summed E-state index contributed by atoms with van der Waals surface area (Å²) < 4.78 is 5.39. The summed E-state index contributed by atoms with van der Waals surface area (Å²) in [6, 6.07) is 9.81. The van der Waals surface area contributed by atoms with Crippen LogP contribution in [0.1, 0.15) is 38.2 Å². The van der Waals surface area contributed by atoms with Crippen molar-refractivity contribution in [3.8, 4) is 5.75 Å². The Morgan fingerprint density at radius 3 is 2.15 bits per heavy atom. The second-order valence-corrected chi connectivity index (χ2v) is 5.31. The highest BCUT2D eigenvalue weighted by Gasteiger charge is 2.19. The highest BCUT2D eigenvalue weighted by molar-refractivity contribution is 6.12. The summed E-state index contributed by atoms with van der Waals surface area (Å²) in [6.45, 7) is 7.95. The second-order valence-electron chi connectivity index (χ2n) is 5.31. The summed E-state index contributed by atoms with van der Waals surface area (Å²) in [5.41, 5.74) is 5.60. The van der Waals surface area contributed by atoms with Crippen molar-refractivity contribution in [2.45, 2.75) is 27.7 Å². The summed E-state index contributed by atoms with van der Waals surface area (Å²) in [5.74, 6) is 0.671. The standard InChI is InChI=1S/C18H20O2/c1-11-6-7-15(13(3)8-11)18(19)17-14(4)9-12(2)10-16(17)20-5/h6-10H,1-5H3. The van der Waals surface area contributed by atoms with Crippen molar-refractivity contribution in [2.24, 2.45) is 0 Å². The van der Waals surface area contributed by atoms with Gasteiger partial charge in [-0.25, -0.2) is 0 Å². The number of carbonyl (C=O) groups is 1. The maximum absolute atomic E-state index is 12.8. The minimum absolute atomic E-state index is 0.0249. The maximum Gasteiger partial charge on any atom is 0.197 e. The largest absolute Gasteiger partial charge is 0.496 e. The number of ketones is 1. The summed E-state index contributed by atoms with van der Waals surface area (Å²) in [4.78, 5) is 12.8. The van der Waals surface area contributed by atoms with E-state index in [4.69, 9.17) is 4.74 Å². The van der Waals surface area contributed by atoms with Crippen LogP contribution in [0.2, 0.25) is 0 Å². The van der Waals surface area contributed by atoms with Crippen LogP contribution in [0.15, 0.2) is 30.3 Å². The van der Waals surface area contributed by atoms with Crippen LogP contribution in [0.25, 0.3) is 0 Å². The third-order valence-electron chi connectivity index (χ3n) is 3.52. The monoisotopic (exact) mass is 268 g/mol. The Hall–Kier alpha value is -2.09. The molecular formula is C18H20O2. The van der Waals surface area contributed by atoms with Gasteiger partial charge in [0.15, 0.2) is 5.78 Å². The third-order valence-corrected chi connectivity index (χ3v) is 3.52. The third kappa shape index (κ3) is 2.60. The number of rotatable bonds is 3. The molecular weight excluding hydrogens is 248 g/mol. The summed E-state index contributed by atoms with van der Waals surface area (Å²) in [5, 5.41) is 0. The number of benzene rings is 2. The van der Waals surface area contributed by atoms with Gasteiger partial charge >= 0.3 is 0 Å². The van der Waals surface area contributed by atoms with Gasteiger partial charge in [-0.05, 0) is 50.5 Å². The zero-order valence-electron chi connectivity index (χ0n) is 12.7. The molecule has 0 aliphatic heterocycles. The van der Waals surface area contributed by atoms with Crippen LogP contribution in [0.4, 0.5) is 0 Å². The smallest absolute Gasteiger partial charge is 0.197 e. The molecule has 2 nitrogen and oxygen atoms in total. The molecule has 0 fully saturated rings. The molecule has 2 heteroatoms. The van der Waals surface area contributed by atoms with Gasteiger partial charge in [-0.1, -0.05) is 29.8 Å². The number of ether oxygens (including phenoxy) is 1. The predicted molar refractivity (Wildman–Crippen MR) is 81.8 cm³/mol. The lowest BCUT2D eigenvalue weighted by molar-refractivity contribution is 0.103. The highest BCUT2D eigenvalue weighted by Crippen LogP contribution is 2.28. The summed E-state index contributed by atoms with van der Waals surface area (Å²) in [6.07, 6.45) is 0. The Morgan fingerprint density at radius 1 is 0.900 bits per heavy atom. The molecule has 0 unspecified atom stereocenters. The Bertz CT molecular complexity index is 669. The lowest BCUT2D eigenvalue weighted by atomic mass is 9.93. The van der Waals surface area contributed by atoms with Crippen LogP contribution in [0.5, 0.6) is 5.75 Å². The van der Waals surface area contributed by atoms with Crippen molar-refractivity contribution in [2.75, 3.05) is 7.11 Å². The molecule has 0 atom stereocenters. The van der Waals surface area contributed by atoms with Crippen molar-refractivity contribution in [1.82, 2.24) is 0 Å². The first-order chi connectivity index (χ1) is 9.43. The van der Waals surface area contributed by atoms with Gasteiger partial charge in [0.05, 0.1) is 12.7 Å². The molecule has 0 radical (unpaired) electrons. The number of methoxy groups -OCH3 is 1. The van der Waals surface area contributed by atoms with Crippen molar-refractivity contribution < 1.29 is 9.53 Å². The zero-order chi connectivity index (χ0) is 14.9. The van der Waals surface area contributed by atoms with E-state index in [1.165, 1.54) is 0 Å². The molecule has 0 N–H and O–H groups in total. The Morgan fingerprint density at radius 2 is 1.55 bits per heavy atom. The van der Waals surface area contributed by atoms with E-state index in [0.717, 1.165) is 27.8 Å². The van der Waals surface area contributed by atoms with E-state index in [2.05, 4.69) is 0 Å². The quantitative estimate of drug-likeness (QED) is 0.781. The first-order valence-corrected chi connectivity index (χ1v) is 6.71. The minimum atomic E-state index is 0.0249. The maximum atomic E-state index is 12.8. The van der Waals surface area contributed by atoms with E-state index >= 15 is 0 Å². The topological polar surface area (TPSA) is 26.3 Å². The molecule has 104 valence electrons. The number of hydrogen-bond donors (Lipinski definition) is 0. The zero-order valence-corrected chi connectivity index (χ0v) is 12.7. The van der Waals surface area contributed by atoms with E-state index in [0.29, 0.717) is 11.3 Å². The van der Waals surface area contributed by atoms with Gasteiger partial charge in [-0.2, -0.15) is 0 Å². The molecule has 0 aromatic heterocycles. The first kappa shape index (κ1) is 14.3. The molecule has 0 bridgehead atoms. The van der Waals surface area contributed by atoms with Crippen LogP contribution in [0, 0.1) is 27.7 Å². The minimum Gasteiger partial charge on any atom is -0.496 e. The van der Waals surface area contributed by atoms with E-state index in [-0.39, 0.29) is 5.78 Å². The average molecular weight is 268 g/mol. The van der Waals surface area contributed by atoms with Gasteiger partial charge in [-0.3, -0.25) is 4.79 Å². The Balaban J connectivity index is 2.59. The molecule has 0 saturated heterocycles. The van der Waals surface area contributed by atoms with Gasteiger partial charge in [-0.15, -0.1) is 0 Å². The fourth-order valence-corrected chi connectivity index (χ4v) is 2.58. The highest BCUT2D eigenvalue weighted by atomic mass is 16.5. The van der Waals surface area contributed by atoms with Gasteiger partial charge in [0.1, 0.15) is 5.75 Å². The molecule has 0 amide bonds. The van der Waals surface area contributed by atoms with Crippen LogP contribution >= 0.6 is 0 Å². The normalized spacial score (nSPS) is 10.4. The van der Waals surface area contributed by atoms with Crippen molar-refractivity contribution in [3.63, 3.8) is 0 Å². The van der Waals surface area contributed by atoms with E-state index < -0.39 is 0 Å². The van der Waals surface area contributed by atoms with Crippen molar-refractivity contribution >= 4 is 5.78 Å². The summed E-state index contributed by atoms with van der Waals surface area (Å²) in [7, 11) is 1.60. The van der Waals surface area contributed by atoms with Crippen LogP contribution in [-0.4, -0.2) is 12.9 Å². The van der Waals surface area contributed by atoms with Crippen LogP contribution in [0.3, 0.4) is 0 Å². The number of carbonyl (C=O) groups excluding carboxylic acids is 1. The van der Waals surface area contributed by atoms with Gasteiger partial charge in [0.25, 0.3) is 0 Å². The predicted octanol–water partition coefficient (Wildman–Crippen LogP) is 4.16. The molecule has 20 heavy (non-hydrogen) atoms. The molecule has 0 heterocycles. The number of aryl methyl sites for hydroxylation is 4. The molecule has 0 spiro atoms. The SMILES string of the molecule is COc1cc(C)cc(C)c1C(=O)c1ccc(C)cc1C. The lowest BCUT2D eigenvalue weighted by Gasteiger charge is -2.13. The van der Waals surface area contributed by atoms with E-state index in [1.54, 1.807) is 7.11 Å². The average Bonchev–Trinajstić information content (AvgIpc) is 2.37. The molecule has 0 saturated carbocycles. The Kier molecular flexibility index (Phi) is 3.93. The van der Waals surface area contributed by atoms with E-state index in [9.17, 15) is 4.79 Å². The second kappa shape index (κ2) is 5.49. The summed E-state index contributed by atoms with van der Waals surface area (Å²) >= 11 is 0. The van der Waals surface area contributed by atoms with Gasteiger partial charge in [0.2, 0.25) is 0 Å². The van der Waals surface area contributed by atoms with Gasteiger partial charge in [0, 0.05) is 5.56 Å². The Labute approximate surface area is 120 Å². The van der Waals surface area contributed by atoms with Crippen LogP contribution in [-0.2, 0) is 0 Å². The van der Waals surface area contributed by atoms with Crippen molar-refractivity contribution in [3.05, 3.63) is 63.7 Å². The fourth-order valence-electron chi connectivity index (χ4n) is 2.58. The molecule has 2 aromatic carbocycles. The van der Waals surface area contributed by atoms with Crippen LogP contribution < -0.4 is 4.74 Å². The van der Waals surface area contributed by atoms with Crippen molar-refractivity contribution in [1.29, 1.82) is 0 Å². The van der Waals surface area contributed by atoms with E-state index in [1.807, 2.05) is 58.0 Å². The molecule has 0 aliphatic rings. The lowest BCUT2D eigenvalue weighted by Crippen LogP contribution is -2.08. The molecule has 0 aliphatic carbocycles.